The average Bonchev–Trinajstić information content (AvgIpc) is 2.37. The Hall–Kier alpha value is -1.18. The third-order valence-corrected chi connectivity index (χ3v) is 5.59. The fourth-order valence-electron chi connectivity index (χ4n) is 2.56. The van der Waals surface area contributed by atoms with Crippen LogP contribution in [0, 0.1) is 11.2 Å². The number of nitrogen functional groups attached to an aromatic ring is 1. The van der Waals surface area contributed by atoms with Crippen LogP contribution in [0.1, 0.15) is 27.2 Å². The van der Waals surface area contributed by atoms with Crippen molar-refractivity contribution in [2.75, 3.05) is 12.3 Å². The molecule has 1 saturated carbocycles. The average molecular weight is 316 g/mol. The molecule has 0 spiro atoms. The van der Waals surface area contributed by atoms with Gasteiger partial charge < -0.3 is 10.5 Å². The van der Waals surface area contributed by atoms with Gasteiger partial charge in [0.25, 0.3) is 0 Å². The van der Waals surface area contributed by atoms with Crippen LogP contribution in [0.2, 0.25) is 0 Å². The lowest BCUT2D eigenvalue weighted by Crippen LogP contribution is -2.61. The molecule has 2 unspecified atom stereocenters. The van der Waals surface area contributed by atoms with Crippen molar-refractivity contribution in [2.24, 2.45) is 5.41 Å². The predicted octanol–water partition coefficient (Wildman–Crippen LogP) is 1.89. The van der Waals surface area contributed by atoms with Gasteiger partial charge in [0.2, 0.25) is 10.0 Å². The standard InChI is InChI=1S/C14H21FN2O3S/c1-4-20-13-8-12(14(13,2)3)17-21(18,19)11-6-5-9(16)7-10(11)15/h5-7,12-13,17H,4,8,16H2,1-3H3. The summed E-state index contributed by atoms with van der Waals surface area (Å²) in [4.78, 5) is -0.382. The Bertz CT molecular complexity index is 631. The number of benzene rings is 1. The number of hydrogen-bond donors (Lipinski definition) is 2. The van der Waals surface area contributed by atoms with Gasteiger partial charge in [0.1, 0.15) is 10.7 Å². The summed E-state index contributed by atoms with van der Waals surface area (Å²) in [5, 5.41) is 0. The van der Waals surface area contributed by atoms with E-state index in [1.54, 1.807) is 0 Å². The number of nitrogens with one attached hydrogen (secondary N) is 1. The molecule has 5 nitrogen and oxygen atoms in total. The smallest absolute Gasteiger partial charge is 0.243 e. The van der Waals surface area contributed by atoms with Crippen molar-refractivity contribution in [3.8, 4) is 0 Å². The molecule has 0 aliphatic heterocycles. The van der Waals surface area contributed by atoms with Crippen molar-refractivity contribution < 1.29 is 17.5 Å². The Morgan fingerprint density at radius 1 is 1.48 bits per heavy atom. The van der Waals surface area contributed by atoms with Gasteiger partial charge in [-0.2, -0.15) is 0 Å². The maximum Gasteiger partial charge on any atom is 0.243 e. The van der Waals surface area contributed by atoms with Gasteiger partial charge in [-0.25, -0.2) is 17.5 Å². The third-order valence-electron chi connectivity index (χ3n) is 4.09. The van der Waals surface area contributed by atoms with Crippen LogP contribution in [0.5, 0.6) is 0 Å². The van der Waals surface area contributed by atoms with Gasteiger partial charge in [0.15, 0.2) is 0 Å². The van der Waals surface area contributed by atoms with E-state index in [0.29, 0.717) is 13.0 Å². The quantitative estimate of drug-likeness (QED) is 0.813. The number of ether oxygens (including phenoxy) is 1. The van der Waals surface area contributed by atoms with E-state index >= 15 is 0 Å². The number of sulfonamides is 1. The summed E-state index contributed by atoms with van der Waals surface area (Å²) >= 11 is 0. The molecule has 21 heavy (non-hydrogen) atoms. The van der Waals surface area contributed by atoms with E-state index < -0.39 is 15.8 Å². The topological polar surface area (TPSA) is 81.4 Å². The molecule has 0 radical (unpaired) electrons. The minimum Gasteiger partial charge on any atom is -0.399 e. The molecule has 0 bridgehead atoms. The number of rotatable bonds is 5. The van der Waals surface area contributed by atoms with Gasteiger partial charge in [-0.15, -0.1) is 0 Å². The Labute approximate surface area is 124 Å². The molecule has 2 atom stereocenters. The van der Waals surface area contributed by atoms with Gasteiger partial charge in [0.05, 0.1) is 6.10 Å². The zero-order valence-electron chi connectivity index (χ0n) is 12.4. The summed E-state index contributed by atoms with van der Waals surface area (Å²) in [6.45, 7) is 6.35. The van der Waals surface area contributed by atoms with E-state index in [-0.39, 0.29) is 28.1 Å². The van der Waals surface area contributed by atoms with Crippen LogP contribution in [0.15, 0.2) is 23.1 Å². The normalized spacial score (nSPS) is 24.6. The number of halogens is 1. The molecule has 1 fully saturated rings. The molecular weight excluding hydrogens is 295 g/mol. The molecule has 0 saturated heterocycles. The molecule has 2 rings (SSSR count). The highest BCUT2D eigenvalue weighted by Gasteiger charge is 2.50. The van der Waals surface area contributed by atoms with Crippen molar-refractivity contribution in [1.82, 2.24) is 4.72 Å². The number of anilines is 1. The highest BCUT2D eigenvalue weighted by molar-refractivity contribution is 7.89. The molecule has 0 amide bonds. The lowest BCUT2D eigenvalue weighted by atomic mass is 9.65. The first-order valence-electron chi connectivity index (χ1n) is 6.87. The summed E-state index contributed by atoms with van der Waals surface area (Å²) in [7, 11) is -3.91. The maximum atomic E-state index is 13.8. The predicted molar refractivity (Wildman–Crippen MR) is 78.7 cm³/mol. The van der Waals surface area contributed by atoms with Crippen LogP contribution in [-0.4, -0.2) is 27.2 Å². The Balaban J connectivity index is 2.16. The largest absolute Gasteiger partial charge is 0.399 e. The van der Waals surface area contributed by atoms with Crippen LogP contribution < -0.4 is 10.5 Å². The van der Waals surface area contributed by atoms with Gasteiger partial charge in [-0.3, -0.25) is 0 Å². The minimum atomic E-state index is -3.91. The van der Waals surface area contributed by atoms with Gasteiger partial charge in [-0.05, 0) is 31.5 Å². The van der Waals surface area contributed by atoms with Crippen LogP contribution in [0.3, 0.4) is 0 Å². The second-order valence-electron chi connectivity index (χ2n) is 5.86. The highest BCUT2D eigenvalue weighted by atomic mass is 32.2. The molecule has 3 N–H and O–H groups in total. The maximum absolute atomic E-state index is 13.8. The van der Waals surface area contributed by atoms with Crippen molar-refractivity contribution in [3.05, 3.63) is 24.0 Å². The summed E-state index contributed by atoms with van der Waals surface area (Å²) in [5.74, 6) is -0.846. The summed E-state index contributed by atoms with van der Waals surface area (Å²) in [6.07, 6.45) is 0.586. The van der Waals surface area contributed by atoms with Gasteiger partial charge in [0, 0.05) is 23.8 Å². The lowest BCUT2D eigenvalue weighted by molar-refractivity contribution is -0.108. The van der Waals surface area contributed by atoms with Crippen LogP contribution in [0.4, 0.5) is 10.1 Å². The van der Waals surface area contributed by atoms with E-state index in [1.165, 1.54) is 12.1 Å². The second kappa shape index (κ2) is 5.55. The van der Waals surface area contributed by atoms with E-state index in [9.17, 15) is 12.8 Å². The third kappa shape index (κ3) is 3.04. The molecular formula is C14H21FN2O3S. The van der Waals surface area contributed by atoms with Crippen LogP contribution in [0.25, 0.3) is 0 Å². The van der Waals surface area contributed by atoms with Crippen LogP contribution in [-0.2, 0) is 14.8 Å². The molecule has 1 aromatic carbocycles. The van der Waals surface area contributed by atoms with E-state index in [4.69, 9.17) is 10.5 Å². The van der Waals surface area contributed by atoms with Crippen molar-refractivity contribution in [1.29, 1.82) is 0 Å². The molecule has 7 heteroatoms. The fourth-order valence-corrected chi connectivity index (χ4v) is 4.02. The van der Waals surface area contributed by atoms with E-state index in [2.05, 4.69) is 4.72 Å². The molecule has 0 heterocycles. The molecule has 1 aliphatic carbocycles. The zero-order valence-corrected chi connectivity index (χ0v) is 13.2. The monoisotopic (exact) mass is 316 g/mol. The van der Waals surface area contributed by atoms with E-state index in [0.717, 1.165) is 6.07 Å². The Kier molecular flexibility index (Phi) is 4.28. The Morgan fingerprint density at radius 3 is 2.67 bits per heavy atom. The number of hydrogen-bond acceptors (Lipinski definition) is 4. The summed E-state index contributed by atoms with van der Waals surface area (Å²) in [5.41, 5.74) is 5.29. The second-order valence-corrected chi connectivity index (χ2v) is 7.55. The van der Waals surface area contributed by atoms with Crippen LogP contribution >= 0.6 is 0 Å². The summed E-state index contributed by atoms with van der Waals surface area (Å²) < 4.78 is 46.5. The SMILES string of the molecule is CCOC1CC(NS(=O)(=O)c2ccc(N)cc2F)C1(C)C. The molecule has 1 aromatic rings. The molecule has 0 aromatic heterocycles. The van der Waals surface area contributed by atoms with Crippen molar-refractivity contribution in [3.63, 3.8) is 0 Å². The first-order chi connectivity index (χ1) is 9.68. The lowest BCUT2D eigenvalue weighted by Gasteiger charge is -2.51. The fraction of sp³-hybridized carbons (Fsp3) is 0.571. The minimum absolute atomic E-state index is 0.00599. The molecule has 118 valence electrons. The first kappa shape index (κ1) is 16.2. The van der Waals surface area contributed by atoms with Gasteiger partial charge in [-0.1, -0.05) is 13.8 Å². The van der Waals surface area contributed by atoms with Gasteiger partial charge >= 0.3 is 0 Å². The van der Waals surface area contributed by atoms with Crippen molar-refractivity contribution in [2.45, 2.75) is 44.2 Å². The zero-order chi connectivity index (χ0) is 15.8. The Morgan fingerprint density at radius 2 is 2.14 bits per heavy atom. The first-order valence-corrected chi connectivity index (χ1v) is 8.35. The highest BCUT2D eigenvalue weighted by Crippen LogP contribution is 2.43. The van der Waals surface area contributed by atoms with E-state index in [1.807, 2.05) is 20.8 Å². The van der Waals surface area contributed by atoms with Crippen molar-refractivity contribution >= 4 is 15.7 Å². The number of nitrogens with two attached hydrogens (primary N) is 1. The molecule has 1 aliphatic rings. The summed E-state index contributed by atoms with van der Waals surface area (Å²) in [6, 6.07) is 3.27.